The first kappa shape index (κ1) is 19.7. The molecule has 0 amide bonds. The van der Waals surface area contributed by atoms with Crippen molar-refractivity contribution < 1.29 is 14.6 Å². The lowest BCUT2D eigenvalue weighted by Gasteiger charge is -2.14. The summed E-state index contributed by atoms with van der Waals surface area (Å²) in [6.45, 7) is 2.65. The van der Waals surface area contributed by atoms with Crippen molar-refractivity contribution in [1.29, 1.82) is 0 Å². The normalized spacial score (nSPS) is 12.1. The fraction of sp³-hybridized carbons (Fsp3) is 0.217. The Balaban J connectivity index is 1.59. The topological polar surface area (TPSA) is 78.0 Å². The van der Waals surface area contributed by atoms with Crippen molar-refractivity contribution >= 4 is 5.52 Å². The van der Waals surface area contributed by atoms with Gasteiger partial charge in [0.05, 0.1) is 32.1 Å². The van der Waals surface area contributed by atoms with Crippen molar-refractivity contribution in [2.45, 2.75) is 19.6 Å². The van der Waals surface area contributed by atoms with E-state index in [9.17, 15) is 9.90 Å². The van der Waals surface area contributed by atoms with Crippen LogP contribution in [0.3, 0.4) is 0 Å². The first-order valence-electron chi connectivity index (χ1n) is 9.73. The van der Waals surface area contributed by atoms with Gasteiger partial charge >= 0.3 is 0 Å². The van der Waals surface area contributed by atoms with Crippen LogP contribution in [0.25, 0.3) is 16.8 Å². The largest absolute Gasteiger partial charge is 0.497 e. The number of nitrogens with zero attached hydrogens (tertiary/aromatic N) is 3. The number of methoxy groups -OCH3 is 1. The standard InChI is InChI=1S/C23H23N3O4/c1-3-30-19-10-6-17(7-11-19)22(27)15-25-12-13-26-21(23(25)28)14-20(24-26)16-4-8-18(29-2)9-5-16/h4-14,22,27H,3,15H2,1-2H3. The SMILES string of the molecule is CCOc1ccc(C(O)Cn2ccn3nc(-c4ccc(OC)cc4)cc3c2=O)cc1. The molecule has 0 radical (unpaired) electrons. The Bertz CT molecular complexity index is 1190. The molecule has 0 saturated carbocycles. The van der Waals surface area contributed by atoms with Gasteiger partial charge in [0.15, 0.2) is 0 Å². The van der Waals surface area contributed by atoms with Crippen LogP contribution in [-0.2, 0) is 6.54 Å². The van der Waals surface area contributed by atoms with Gasteiger partial charge in [-0.2, -0.15) is 5.10 Å². The van der Waals surface area contributed by atoms with Crippen molar-refractivity contribution in [3.63, 3.8) is 0 Å². The zero-order valence-electron chi connectivity index (χ0n) is 16.9. The van der Waals surface area contributed by atoms with Crippen LogP contribution in [0.4, 0.5) is 0 Å². The first-order valence-corrected chi connectivity index (χ1v) is 9.73. The quantitative estimate of drug-likeness (QED) is 0.510. The molecule has 0 aliphatic rings. The average Bonchev–Trinajstić information content (AvgIpc) is 3.22. The molecule has 2 aromatic carbocycles. The molecule has 0 saturated heterocycles. The van der Waals surface area contributed by atoms with E-state index >= 15 is 0 Å². The number of aliphatic hydroxyl groups excluding tert-OH is 1. The minimum Gasteiger partial charge on any atom is -0.497 e. The Hall–Kier alpha value is -3.58. The Morgan fingerprint density at radius 2 is 1.73 bits per heavy atom. The van der Waals surface area contributed by atoms with Crippen molar-refractivity contribution in [3.05, 3.63) is 82.9 Å². The highest BCUT2D eigenvalue weighted by molar-refractivity contribution is 5.66. The molecule has 2 heterocycles. The van der Waals surface area contributed by atoms with E-state index in [4.69, 9.17) is 9.47 Å². The van der Waals surface area contributed by atoms with Crippen LogP contribution in [0.1, 0.15) is 18.6 Å². The molecule has 7 heteroatoms. The molecule has 0 aliphatic heterocycles. The van der Waals surface area contributed by atoms with E-state index in [-0.39, 0.29) is 12.1 Å². The molecule has 4 rings (SSSR count). The lowest BCUT2D eigenvalue weighted by Crippen LogP contribution is -2.24. The molecule has 1 atom stereocenters. The van der Waals surface area contributed by atoms with Gasteiger partial charge in [0, 0.05) is 18.0 Å². The van der Waals surface area contributed by atoms with Crippen molar-refractivity contribution in [1.82, 2.24) is 14.2 Å². The Morgan fingerprint density at radius 3 is 2.40 bits per heavy atom. The molecule has 7 nitrogen and oxygen atoms in total. The van der Waals surface area contributed by atoms with Crippen LogP contribution in [0.15, 0.2) is 71.8 Å². The molecule has 2 aromatic heterocycles. The third-order valence-electron chi connectivity index (χ3n) is 4.93. The maximum Gasteiger partial charge on any atom is 0.276 e. The highest BCUT2D eigenvalue weighted by Gasteiger charge is 2.13. The summed E-state index contributed by atoms with van der Waals surface area (Å²) in [5, 5.41) is 15.1. The average molecular weight is 405 g/mol. The summed E-state index contributed by atoms with van der Waals surface area (Å²) < 4.78 is 13.7. The van der Waals surface area contributed by atoms with Crippen molar-refractivity contribution in [2.75, 3.05) is 13.7 Å². The summed E-state index contributed by atoms with van der Waals surface area (Å²) >= 11 is 0. The number of ether oxygens (including phenoxy) is 2. The van der Waals surface area contributed by atoms with E-state index in [1.54, 1.807) is 42.2 Å². The van der Waals surface area contributed by atoms with Gasteiger partial charge in [-0.1, -0.05) is 12.1 Å². The number of aromatic nitrogens is 3. The molecule has 0 aliphatic carbocycles. The second kappa shape index (κ2) is 8.42. The lowest BCUT2D eigenvalue weighted by molar-refractivity contribution is 0.155. The Labute approximate surface area is 173 Å². The molecule has 1 unspecified atom stereocenters. The molecule has 0 spiro atoms. The predicted octanol–water partition coefficient (Wildman–Crippen LogP) is 3.30. The van der Waals surface area contributed by atoms with E-state index in [0.29, 0.717) is 17.8 Å². The van der Waals surface area contributed by atoms with E-state index in [2.05, 4.69) is 5.10 Å². The fourth-order valence-corrected chi connectivity index (χ4v) is 3.32. The Kier molecular flexibility index (Phi) is 5.54. The minimum atomic E-state index is -0.815. The molecule has 30 heavy (non-hydrogen) atoms. The van der Waals surface area contributed by atoms with Crippen LogP contribution in [0.2, 0.25) is 0 Å². The van der Waals surface area contributed by atoms with Crippen molar-refractivity contribution in [2.24, 2.45) is 0 Å². The predicted molar refractivity (Wildman–Crippen MR) is 114 cm³/mol. The second-order valence-electron chi connectivity index (χ2n) is 6.86. The Morgan fingerprint density at radius 1 is 1.03 bits per heavy atom. The summed E-state index contributed by atoms with van der Waals surface area (Å²) in [4.78, 5) is 12.9. The smallest absolute Gasteiger partial charge is 0.276 e. The molecule has 0 fully saturated rings. The summed E-state index contributed by atoms with van der Waals surface area (Å²) in [5.41, 5.74) is 2.54. The molecule has 0 bridgehead atoms. The third-order valence-corrected chi connectivity index (χ3v) is 4.93. The zero-order chi connectivity index (χ0) is 21.1. The lowest BCUT2D eigenvalue weighted by atomic mass is 10.1. The van der Waals surface area contributed by atoms with Gasteiger partial charge in [-0.25, -0.2) is 4.52 Å². The molecule has 1 N–H and O–H groups in total. The van der Waals surface area contributed by atoms with Crippen molar-refractivity contribution in [3.8, 4) is 22.8 Å². The van der Waals surface area contributed by atoms with Gasteiger partial charge < -0.3 is 19.1 Å². The van der Waals surface area contributed by atoms with E-state index < -0.39 is 6.10 Å². The van der Waals surface area contributed by atoms with Crippen LogP contribution < -0.4 is 15.0 Å². The summed E-state index contributed by atoms with van der Waals surface area (Å²) in [5.74, 6) is 1.51. The van der Waals surface area contributed by atoms with Gasteiger partial charge in [-0.15, -0.1) is 0 Å². The number of hydrogen-bond donors (Lipinski definition) is 1. The van der Waals surface area contributed by atoms with Gasteiger partial charge in [0.25, 0.3) is 5.56 Å². The van der Waals surface area contributed by atoms with Gasteiger partial charge in [-0.3, -0.25) is 4.79 Å². The monoisotopic (exact) mass is 405 g/mol. The highest BCUT2D eigenvalue weighted by atomic mass is 16.5. The number of hydrogen-bond acceptors (Lipinski definition) is 5. The van der Waals surface area contributed by atoms with Gasteiger partial charge in [0.2, 0.25) is 0 Å². The summed E-state index contributed by atoms with van der Waals surface area (Å²) in [6, 6.07) is 16.5. The van der Waals surface area contributed by atoms with Gasteiger partial charge in [-0.05, 0) is 55.0 Å². The van der Waals surface area contributed by atoms with Crippen LogP contribution in [0.5, 0.6) is 11.5 Å². The van der Waals surface area contributed by atoms with E-state index in [1.807, 2.05) is 43.3 Å². The first-order chi connectivity index (χ1) is 14.6. The third kappa shape index (κ3) is 3.92. The fourth-order valence-electron chi connectivity index (χ4n) is 3.32. The minimum absolute atomic E-state index is 0.145. The molecular formula is C23H23N3O4. The number of benzene rings is 2. The molecule has 154 valence electrons. The number of fused-ring (bicyclic) bond motifs is 1. The van der Waals surface area contributed by atoms with Gasteiger partial charge in [0.1, 0.15) is 17.0 Å². The second-order valence-corrected chi connectivity index (χ2v) is 6.86. The number of aliphatic hydroxyl groups is 1. The maximum atomic E-state index is 12.9. The zero-order valence-corrected chi connectivity index (χ0v) is 16.9. The van der Waals surface area contributed by atoms with E-state index in [1.165, 1.54) is 4.57 Å². The van der Waals surface area contributed by atoms with E-state index in [0.717, 1.165) is 22.6 Å². The highest BCUT2D eigenvalue weighted by Crippen LogP contribution is 2.22. The molecular weight excluding hydrogens is 382 g/mol. The summed E-state index contributed by atoms with van der Waals surface area (Å²) in [7, 11) is 1.62. The number of rotatable bonds is 7. The summed E-state index contributed by atoms with van der Waals surface area (Å²) in [6.07, 6.45) is 2.54. The maximum absolute atomic E-state index is 12.9. The van der Waals surface area contributed by atoms with Crippen LogP contribution in [0, 0.1) is 0 Å². The molecule has 4 aromatic rings. The van der Waals surface area contributed by atoms with Crippen LogP contribution >= 0.6 is 0 Å². The van der Waals surface area contributed by atoms with Crippen LogP contribution in [-0.4, -0.2) is 33.0 Å².